The van der Waals surface area contributed by atoms with E-state index in [1.54, 1.807) is 11.8 Å². The highest BCUT2D eigenvalue weighted by Gasteiger charge is 2.32. The Morgan fingerprint density at radius 1 is 1.06 bits per heavy atom. The van der Waals surface area contributed by atoms with Gasteiger partial charge in [0.25, 0.3) is 5.91 Å². The molecule has 0 aliphatic carbocycles. The number of rotatable bonds is 7. The van der Waals surface area contributed by atoms with Crippen LogP contribution in [0.25, 0.3) is 0 Å². The van der Waals surface area contributed by atoms with Gasteiger partial charge in [-0.3, -0.25) is 9.59 Å². The van der Waals surface area contributed by atoms with Gasteiger partial charge < -0.3 is 10.2 Å². The number of benzene rings is 3. The third-order valence-corrected chi connectivity index (χ3v) is 7.14. The molecule has 164 valence electrons. The summed E-state index contributed by atoms with van der Waals surface area (Å²) in [4.78, 5) is 27.0. The minimum atomic E-state index is -0.0903. The highest BCUT2D eigenvalue weighted by molar-refractivity contribution is 8.00. The van der Waals surface area contributed by atoms with E-state index in [1.165, 1.54) is 5.56 Å². The Morgan fingerprint density at radius 3 is 2.44 bits per heavy atom. The van der Waals surface area contributed by atoms with Gasteiger partial charge >= 0.3 is 0 Å². The number of hydrogen-bond donors (Lipinski definition) is 1. The zero-order chi connectivity index (χ0) is 22.5. The molecule has 0 radical (unpaired) electrons. The van der Waals surface area contributed by atoms with E-state index in [-0.39, 0.29) is 23.1 Å². The molecule has 0 spiro atoms. The lowest BCUT2D eigenvalue weighted by Gasteiger charge is -2.24. The molecular formula is C26H25ClN2O2S. The van der Waals surface area contributed by atoms with Gasteiger partial charge in [-0.15, -0.1) is 11.8 Å². The second-order valence-corrected chi connectivity index (χ2v) is 9.46. The van der Waals surface area contributed by atoms with Gasteiger partial charge in [-0.1, -0.05) is 73.1 Å². The van der Waals surface area contributed by atoms with E-state index in [9.17, 15) is 9.59 Å². The van der Waals surface area contributed by atoms with E-state index < -0.39 is 0 Å². The fourth-order valence-corrected chi connectivity index (χ4v) is 5.05. The van der Waals surface area contributed by atoms with E-state index in [0.717, 1.165) is 11.1 Å². The van der Waals surface area contributed by atoms with Crippen LogP contribution in [0.4, 0.5) is 0 Å². The van der Waals surface area contributed by atoms with Gasteiger partial charge in [0.05, 0.1) is 5.75 Å². The van der Waals surface area contributed by atoms with Crippen molar-refractivity contribution in [1.29, 1.82) is 0 Å². The summed E-state index contributed by atoms with van der Waals surface area (Å²) < 4.78 is 0. The molecule has 0 unspecified atom stereocenters. The Hall–Kier alpha value is -2.76. The summed E-state index contributed by atoms with van der Waals surface area (Å²) in [5, 5.41) is 3.64. The maximum atomic E-state index is 12.6. The Kier molecular flexibility index (Phi) is 7.18. The van der Waals surface area contributed by atoms with Gasteiger partial charge in [-0.2, -0.15) is 0 Å². The van der Waals surface area contributed by atoms with Crippen LogP contribution in [-0.2, 0) is 11.3 Å². The number of carbonyl (C=O) groups excluding carboxylic acids is 2. The molecule has 0 saturated carbocycles. The van der Waals surface area contributed by atoms with Crippen molar-refractivity contribution in [1.82, 2.24) is 10.2 Å². The molecule has 1 aliphatic heterocycles. The number of carbonyl (C=O) groups is 2. The lowest BCUT2D eigenvalue weighted by Crippen LogP contribution is -2.28. The van der Waals surface area contributed by atoms with Gasteiger partial charge in [-0.05, 0) is 46.9 Å². The largest absolute Gasteiger partial charge is 0.351 e. The van der Waals surface area contributed by atoms with Gasteiger partial charge in [-0.25, -0.2) is 0 Å². The number of hydrogen-bond acceptors (Lipinski definition) is 3. The molecule has 3 aromatic rings. The van der Waals surface area contributed by atoms with E-state index in [2.05, 4.69) is 24.4 Å². The first kappa shape index (κ1) is 22.4. The van der Waals surface area contributed by atoms with Crippen LogP contribution in [0.2, 0.25) is 5.02 Å². The summed E-state index contributed by atoms with van der Waals surface area (Å²) in [7, 11) is 0. The third-order valence-electron chi connectivity index (χ3n) is 5.63. The first-order chi connectivity index (χ1) is 15.5. The van der Waals surface area contributed by atoms with Crippen LogP contribution in [0, 0.1) is 0 Å². The van der Waals surface area contributed by atoms with Crippen molar-refractivity contribution in [2.24, 2.45) is 0 Å². The lowest BCUT2D eigenvalue weighted by molar-refractivity contribution is -0.128. The molecule has 1 heterocycles. The molecule has 1 saturated heterocycles. The highest BCUT2D eigenvalue weighted by Crippen LogP contribution is 2.39. The topological polar surface area (TPSA) is 49.4 Å². The molecule has 4 nitrogen and oxygen atoms in total. The molecule has 1 aliphatic rings. The van der Waals surface area contributed by atoms with Crippen molar-refractivity contribution in [2.75, 3.05) is 12.3 Å². The number of thioether (sulfide) groups is 1. The Bertz CT molecular complexity index is 1070. The van der Waals surface area contributed by atoms with Gasteiger partial charge in [0.2, 0.25) is 5.91 Å². The Labute approximate surface area is 198 Å². The quantitative estimate of drug-likeness (QED) is 0.491. The van der Waals surface area contributed by atoms with Crippen molar-refractivity contribution < 1.29 is 9.59 Å². The molecule has 2 atom stereocenters. The monoisotopic (exact) mass is 464 g/mol. The third kappa shape index (κ3) is 5.34. The number of nitrogens with one attached hydrogen (secondary N) is 1. The molecule has 2 amide bonds. The normalized spacial score (nSPS) is 16.8. The van der Waals surface area contributed by atoms with Gasteiger partial charge in [0, 0.05) is 23.7 Å². The smallest absolute Gasteiger partial charge is 0.251 e. The van der Waals surface area contributed by atoms with Crippen molar-refractivity contribution in [3.05, 3.63) is 106 Å². The minimum absolute atomic E-state index is 0.0617. The zero-order valence-electron chi connectivity index (χ0n) is 17.8. The fourth-order valence-electron chi connectivity index (χ4n) is 3.73. The standard InChI is InChI=1S/C26H25ClN2O2S/c1-18(20-5-3-2-4-6-20)15-28-25(31)21-9-11-22(12-10-21)26-29(24(30)17-32-26)16-19-7-13-23(27)14-8-19/h2-14,18,26H,15-17H2,1H3,(H,28,31)/t18-,26+/m1/s1. The van der Waals surface area contributed by atoms with Crippen molar-refractivity contribution in [3.8, 4) is 0 Å². The molecule has 32 heavy (non-hydrogen) atoms. The number of nitrogens with zero attached hydrogens (tertiary/aromatic N) is 1. The predicted molar refractivity (Wildman–Crippen MR) is 131 cm³/mol. The minimum Gasteiger partial charge on any atom is -0.351 e. The van der Waals surface area contributed by atoms with Crippen molar-refractivity contribution in [2.45, 2.75) is 24.8 Å². The van der Waals surface area contributed by atoms with E-state index >= 15 is 0 Å². The maximum absolute atomic E-state index is 12.6. The number of amides is 2. The molecule has 3 aromatic carbocycles. The summed E-state index contributed by atoms with van der Waals surface area (Å²) in [5.41, 5.74) is 3.88. The highest BCUT2D eigenvalue weighted by atomic mass is 35.5. The Morgan fingerprint density at radius 2 is 1.75 bits per heavy atom. The Balaban J connectivity index is 1.39. The second kappa shape index (κ2) is 10.2. The first-order valence-corrected chi connectivity index (χ1v) is 12.0. The molecule has 4 rings (SSSR count). The summed E-state index contributed by atoms with van der Waals surface area (Å²) in [6.45, 7) is 3.21. The lowest BCUT2D eigenvalue weighted by atomic mass is 10.0. The summed E-state index contributed by atoms with van der Waals surface area (Å²) in [6.07, 6.45) is 0. The SMILES string of the molecule is C[C@H](CNC(=O)c1ccc([C@@H]2SCC(=O)N2Cc2ccc(Cl)cc2)cc1)c1ccccc1. The van der Waals surface area contributed by atoms with Gasteiger partial charge in [0.15, 0.2) is 0 Å². The van der Waals surface area contributed by atoms with Crippen LogP contribution in [-0.4, -0.2) is 29.0 Å². The average Bonchev–Trinajstić information content (AvgIpc) is 3.19. The predicted octanol–water partition coefficient (Wildman–Crippen LogP) is 5.65. The number of halogens is 1. The van der Waals surface area contributed by atoms with Gasteiger partial charge in [0.1, 0.15) is 5.37 Å². The van der Waals surface area contributed by atoms with Crippen LogP contribution < -0.4 is 5.32 Å². The maximum Gasteiger partial charge on any atom is 0.251 e. The first-order valence-electron chi connectivity index (χ1n) is 10.6. The van der Waals surface area contributed by atoms with Crippen molar-refractivity contribution >= 4 is 35.2 Å². The summed E-state index contributed by atoms with van der Waals surface area (Å²) >= 11 is 7.59. The molecule has 0 aromatic heterocycles. The van der Waals surface area contributed by atoms with E-state index in [4.69, 9.17) is 11.6 Å². The summed E-state index contributed by atoms with van der Waals surface area (Å²) in [5.74, 6) is 0.721. The van der Waals surface area contributed by atoms with Crippen LogP contribution in [0.3, 0.4) is 0 Å². The molecule has 0 bridgehead atoms. The van der Waals surface area contributed by atoms with Crippen molar-refractivity contribution in [3.63, 3.8) is 0 Å². The van der Waals surface area contributed by atoms with E-state index in [1.807, 2.05) is 71.6 Å². The average molecular weight is 465 g/mol. The van der Waals surface area contributed by atoms with E-state index in [0.29, 0.717) is 29.4 Å². The van der Waals surface area contributed by atoms with Crippen LogP contribution in [0.15, 0.2) is 78.9 Å². The molecular weight excluding hydrogens is 440 g/mol. The fraction of sp³-hybridized carbons (Fsp3) is 0.231. The summed E-state index contributed by atoms with van der Waals surface area (Å²) in [6, 6.07) is 25.3. The zero-order valence-corrected chi connectivity index (χ0v) is 19.4. The van der Waals surface area contributed by atoms with Crippen LogP contribution >= 0.6 is 23.4 Å². The molecule has 6 heteroatoms. The second-order valence-electron chi connectivity index (χ2n) is 7.96. The molecule has 1 N–H and O–H groups in total. The van der Waals surface area contributed by atoms with Crippen LogP contribution in [0.1, 0.15) is 45.3 Å². The molecule has 1 fully saturated rings. The van der Waals surface area contributed by atoms with Crippen LogP contribution in [0.5, 0.6) is 0 Å².